The van der Waals surface area contributed by atoms with Crippen LogP contribution in [0.15, 0.2) is 42.1 Å². The third-order valence-electron chi connectivity index (χ3n) is 6.82. The summed E-state index contributed by atoms with van der Waals surface area (Å²) in [4.78, 5) is 25.1. The average Bonchev–Trinajstić information content (AvgIpc) is 3.46. The average molecular weight is 491 g/mol. The SMILES string of the molecule is COc1c(C)c2c(c(OC)c1CC=C(C)CCC(=O)Nc1cccc3c1ccn3C(C)C)C(=O)OC2. The number of carbonyl (C=O) groups excluding carboxylic acids is 2. The first-order valence-corrected chi connectivity index (χ1v) is 12.2. The number of fused-ring (bicyclic) bond motifs is 2. The highest BCUT2D eigenvalue weighted by molar-refractivity contribution is 6.01. The number of allylic oxidation sites excluding steroid dienone is 2. The zero-order chi connectivity index (χ0) is 26.0. The monoisotopic (exact) mass is 490 g/mol. The van der Waals surface area contributed by atoms with Crippen molar-refractivity contribution in [3.63, 3.8) is 0 Å². The molecule has 0 aliphatic carbocycles. The molecule has 0 unspecified atom stereocenters. The highest BCUT2D eigenvalue weighted by Gasteiger charge is 2.32. The van der Waals surface area contributed by atoms with Crippen molar-refractivity contribution in [3.8, 4) is 11.5 Å². The molecule has 0 saturated carbocycles. The molecule has 3 aromatic rings. The van der Waals surface area contributed by atoms with Crippen LogP contribution in [0.4, 0.5) is 5.69 Å². The van der Waals surface area contributed by atoms with E-state index in [1.165, 1.54) is 0 Å². The van der Waals surface area contributed by atoms with Gasteiger partial charge in [0.05, 0.1) is 25.4 Å². The Kier molecular flexibility index (Phi) is 7.38. The molecule has 1 amide bonds. The van der Waals surface area contributed by atoms with E-state index in [0.29, 0.717) is 42.4 Å². The summed E-state index contributed by atoms with van der Waals surface area (Å²) < 4.78 is 18.8. The molecule has 0 atom stereocenters. The lowest BCUT2D eigenvalue weighted by Crippen LogP contribution is -2.11. The minimum absolute atomic E-state index is 0.0289. The van der Waals surface area contributed by atoms with Crippen molar-refractivity contribution in [1.82, 2.24) is 4.57 Å². The third kappa shape index (κ3) is 4.70. The predicted octanol–water partition coefficient (Wildman–Crippen LogP) is 6.13. The van der Waals surface area contributed by atoms with E-state index in [1.807, 2.05) is 32.0 Å². The molecular weight excluding hydrogens is 456 g/mol. The van der Waals surface area contributed by atoms with E-state index in [4.69, 9.17) is 14.2 Å². The molecule has 4 rings (SSSR count). The number of rotatable bonds is 9. The van der Waals surface area contributed by atoms with Gasteiger partial charge in [-0.3, -0.25) is 4.79 Å². The van der Waals surface area contributed by atoms with Crippen LogP contribution in [0.5, 0.6) is 11.5 Å². The molecule has 0 saturated heterocycles. The predicted molar refractivity (Wildman–Crippen MR) is 141 cm³/mol. The number of anilines is 1. The van der Waals surface area contributed by atoms with Gasteiger partial charge in [-0.15, -0.1) is 0 Å². The zero-order valence-electron chi connectivity index (χ0n) is 21.9. The number of methoxy groups -OCH3 is 2. The Morgan fingerprint density at radius 2 is 1.92 bits per heavy atom. The Labute approximate surface area is 212 Å². The summed E-state index contributed by atoms with van der Waals surface area (Å²) in [5.41, 5.74) is 5.99. The Balaban J connectivity index is 1.46. The highest BCUT2D eigenvalue weighted by Crippen LogP contribution is 2.42. The minimum atomic E-state index is -0.370. The van der Waals surface area contributed by atoms with Gasteiger partial charge < -0.3 is 24.1 Å². The van der Waals surface area contributed by atoms with Gasteiger partial charge in [0.1, 0.15) is 23.7 Å². The van der Waals surface area contributed by atoms with Crippen LogP contribution in [0.25, 0.3) is 10.9 Å². The van der Waals surface area contributed by atoms with E-state index in [0.717, 1.165) is 38.9 Å². The lowest BCUT2D eigenvalue weighted by Gasteiger charge is -2.18. The van der Waals surface area contributed by atoms with E-state index >= 15 is 0 Å². The Bertz CT molecular complexity index is 1350. The summed E-state index contributed by atoms with van der Waals surface area (Å²) in [6.45, 7) is 8.44. The van der Waals surface area contributed by atoms with Gasteiger partial charge in [0, 0.05) is 35.2 Å². The number of amides is 1. The fourth-order valence-electron chi connectivity index (χ4n) is 4.88. The summed E-state index contributed by atoms with van der Waals surface area (Å²) in [5.74, 6) is 0.800. The second-order valence-electron chi connectivity index (χ2n) is 9.46. The first-order valence-electron chi connectivity index (χ1n) is 12.2. The van der Waals surface area contributed by atoms with Crippen molar-refractivity contribution in [2.45, 2.75) is 59.6 Å². The smallest absolute Gasteiger partial charge is 0.342 e. The van der Waals surface area contributed by atoms with Crippen LogP contribution in [0.1, 0.15) is 66.7 Å². The Morgan fingerprint density at radius 3 is 2.61 bits per heavy atom. The topological polar surface area (TPSA) is 78.8 Å². The third-order valence-corrected chi connectivity index (χ3v) is 6.82. The van der Waals surface area contributed by atoms with Crippen molar-refractivity contribution >= 4 is 28.5 Å². The van der Waals surface area contributed by atoms with Gasteiger partial charge in [-0.05, 0) is 64.3 Å². The molecule has 1 aliphatic heterocycles. The summed E-state index contributed by atoms with van der Waals surface area (Å²) >= 11 is 0. The summed E-state index contributed by atoms with van der Waals surface area (Å²) in [5, 5.41) is 4.11. The molecule has 190 valence electrons. The van der Waals surface area contributed by atoms with Crippen molar-refractivity contribution < 1.29 is 23.8 Å². The minimum Gasteiger partial charge on any atom is -0.496 e. The zero-order valence-corrected chi connectivity index (χ0v) is 21.9. The van der Waals surface area contributed by atoms with Crippen molar-refractivity contribution in [3.05, 3.63) is 64.4 Å². The van der Waals surface area contributed by atoms with Crippen LogP contribution in [0, 0.1) is 6.92 Å². The largest absolute Gasteiger partial charge is 0.496 e. The maximum absolute atomic E-state index is 12.7. The van der Waals surface area contributed by atoms with E-state index in [9.17, 15) is 9.59 Å². The van der Waals surface area contributed by atoms with Crippen LogP contribution in [-0.4, -0.2) is 30.7 Å². The molecule has 2 heterocycles. The molecule has 0 radical (unpaired) electrons. The number of nitrogens with zero attached hydrogens (tertiary/aromatic N) is 1. The number of esters is 1. The number of hydrogen-bond acceptors (Lipinski definition) is 5. The maximum Gasteiger partial charge on any atom is 0.342 e. The Morgan fingerprint density at radius 1 is 1.17 bits per heavy atom. The normalized spacial score (nSPS) is 13.2. The standard InChI is InChI=1S/C29H34N2O5/c1-17(2)31-15-14-20-23(8-7-9-24(20)31)30-25(32)13-11-18(3)10-12-21-27(34-5)19(4)22-16-36-29(33)26(22)28(21)35-6/h7-10,14-15,17H,11-13,16H2,1-6H3,(H,30,32). The molecule has 0 bridgehead atoms. The van der Waals surface area contributed by atoms with Crippen LogP contribution < -0.4 is 14.8 Å². The first-order chi connectivity index (χ1) is 17.3. The van der Waals surface area contributed by atoms with Crippen molar-refractivity contribution in [1.29, 1.82) is 0 Å². The summed E-state index contributed by atoms with van der Waals surface area (Å²) in [6, 6.07) is 8.37. The van der Waals surface area contributed by atoms with Gasteiger partial charge in [0.2, 0.25) is 5.91 Å². The van der Waals surface area contributed by atoms with Gasteiger partial charge in [-0.1, -0.05) is 17.7 Å². The number of aromatic nitrogens is 1. The lowest BCUT2D eigenvalue weighted by molar-refractivity contribution is -0.116. The molecule has 36 heavy (non-hydrogen) atoms. The number of cyclic esters (lactones) is 1. The van der Waals surface area contributed by atoms with Crippen molar-refractivity contribution in [2.24, 2.45) is 0 Å². The van der Waals surface area contributed by atoms with Gasteiger partial charge in [0.15, 0.2) is 0 Å². The first kappa shape index (κ1) is 25.4. The van der Waals surface area contributed by atoms with Crippen LogP contribution in [0.3, 0.4) is 0 Å². The molecule has 7 heteroatoms. The van der Waals surface area contributed by atoms with Gasteiger partial charge >= 0.3 is 5.97 Å². The molecule has 0 spiro atoms. The van der Waals surface area contributed by atoms with E-state index in [1.54, 1.807) is 14.2 Å². The van der Waals surface area contributed by atoms with Gasteiger partial charge in [0.25, 0.3) is 0 Å². The molecule has 0 fully saturated rings. The van der Waals surface area contributed by atoms with E-state index in [2.05, 4.69) is 42.1 Å². The van der Waals surface area contributed by atoms with Crippen molar-refractivity contribution in [2.75, 3.05) is 19.5 Å². The molecule has 2 aromatic carbocycles. The number of carbonyl (C=O) groups is 2. The van der Waals surface area contributed by atoms with Crippen LogP contribution in [0.2, 0.25) is 0 Å². The van der Waals surface area contributed by atoms with E-state index in [-0.39, 0.29) is 18.5 Å². The second kappa shape index (κ2) is 10.5. The van der Waals surface area contributed by atoms with Crippen LogP contribution >= 0.6 is 0 Å². The highest BCUT2D eigenvalue weighted by atomic mass is 16.5. The Hall–Kier alpha value is -3.74. The molecular formula is C29H34N2O5. The maximum atomic E-state index is 12.7. The molecule has 1 aromatic heterocycles. The molecule has 1 N–H and O–H groups in total. The fourth-order valence-corrected chi connectivity index (χ4v) is 4.88. The molecule has 7 nitrogen and oxygen atoms in total. The van der Waals surface area contributed by atoms with Crippen LogP contribution in [-0.2, 0) is 22.6 Å². The fraction of sp³-hybridized carbons (Fsp3) is 0.379. The van der Waals surface area contributed by atoms with Gasteiger partial charge in [-0.2, -0.15) is 0 Å². The van der Waals surface area contributed by atoms with Gasteiger partial charge in [-0.25, -0.2) is 4.79 Å². The quantitative estimate of drug-likeness (QED) is 0.289. The number of nitrogens with one attached hydrogen (secondary N) is 1. The summed E-state index contributed by atoms with van der Waals surface area (Å²) in [7, 11) is 3.17. The second-order valence-corrected chi connectivity index (χ2v) is 9.46. The summed E-state index contributed by atoms with van der Waals surface area (Å²) in [6.07, 6.45) is 5.62. The lowest BCUT2D eigenvalue weighted by atomic mass is 9.94. The number of ether oxygens (including phenoxy) is 3. The number of hydrogen-bond donors (Lipinski definition) is 1. The molecule has 1 aliphatic rings. The number of benzene rings is 2. The van der Waals surface area contributed by atoms with E-state index < -0.39 is 0 Å².